The number of aryl methyl sites for hydroxylation is 1. The van der Waals surface area contributed by atoms with Crippen molar-refractivity contribution in [1.82, 2.24) is 0 Å². The molecule has 2 heteroatoms. The lowest BCUT2D eigenvalue weighted by atomic mass is 9.74. The van der Waals surface area contributed by atoms with Crippen LogP contribution in [0.3, 0.4) is 0 Å². The highest BCUT2D eigenvalue weighted by molar-refractivity contribution is 5.68. The lowest BCUT2D eigenvalue weighted by molar-refractivity contribution is 0.530. The molecule has 1 aromatic carbocycles. The number of hydrogen-bond donors (Lipinski definition) is 0. The van der Waals surface area contributed by atoms with E-state index in [2.05, 4.69) is 77.3 Å². The zero-order valence-electron chi connectivity index (χ0n) is 13.3. The minimum atomic E-state index is 0.0994. The molecule has 0 spiro atoms. The van der Waals surface area contributed by atoms with Gasteiger partial charge in [0.2, 0.25) is 0 Å². The zero-order chi connectivity index (χ0) is 14.8. The minimum absolute atomic E-state index is 0.0994. The molecule has 0 aliphatic heterocycles. The summed E-state index contributed by atoms with van der Waals surface area (Å²) in [6.45, 7) is 19.0. The molecule has 0 radical (unpaired) electrons. The molecule has 0 atom stereocenters. The Balaban J connectivity index is 3.55. The number of benzene rings is 1. The molecule has 0 amide bonds. The summed E-state index contributed by atoms with van der Waals surface area (Å²) in [5, 5.41) is 0. The molecule has 19 heavy (non-hydrogen) atoms. The van der Waals surface area contributed by atoms with Gasteiger partial charge >= 0.3 is 0 Å². The molecule has 1 rings (SSSR count). The second-order valence-corrected chi connectivity index (χ2v) is 7.11. The largest absolute Gasteiger partial charge is 0.253 e. The van der Waals surface area contributed by atoms with Gasteiger partial charge in [0, 0.05) is 0 Å². The molecule has 0 saturated carbocycles. The van der Waals surface area contributed by atoms with Crippen LogP contribution in [0.1, 0.15) is 58.2 Å². The third kappa shape index (κ3) is 3.76. The highest BCUT2D eigenvalue weighted by Crippen LogP contribution is 2.37. The van der Waals surface area contributed by atoms with Crippen LogP contribution in [0.5, 0.6) is 0 Å². The van der Waals surface area contributed by atoms with Crippen molar-refractivity contribution in [3.05, 3.63) is 28.8 Å². The average Bonchev–Trinajstić information content (AvgIpc) is 2.24. The fourth-order valence-electron chi connectivity index (χ4n) is 2.18. The van der Waals surface area contributed by atoms with Crippen LogP contribution >= 0.6 is 0 Å². The summed E-state index contributed by atoms with van der Waals surface area (Å²) in [5.74, 6) is 0. The molecule has 0 fully saturated rings. The van der Waals surface area contributed by atoms with Crippen LogP contribution in [-0.2, 0) is 10.8 Å². The van der Waals surface area contributed by atoms with E-state index in [1.807, 2.05) is 0 Å². The van der Waals surface area contributed by atoms with E-state index in [0.717, 1.165) is 5.69 Å². The Bertz CT molecular complexity index is 497. The average molecular weight is 258 g/mol. The van der Waals surface area contributed by atoms with E-state index in [1.165, 1.54) is 23.0 Å². The lowest BCUT2D eigenvalue weighted by Gasteiger charge is -2.31. The Hall–Kier alpha value is -1.44. The molecule has 0 aromatic heterocycles. The molecule has 104 valence electrons. The van der Waals surface area contributed by atoms with Crippen LogP contribution in [0.4, 0.5) is 5.69 Å². The van der Waals surface area contributed by atoms with Crippen LogP contribution in [0, 0.1) is 6.92 Å². The number of nitrogens with zero attached hydrogens (tertiary/aromatic N) is 2. The van der Waals surface area contributed by atoms with Crippen molar-refractivity contribution in [2.24, 2.45) is 9.98 Å². The van der Waals surface area contributed by atoms with E-state index in [-0.39, 0.29) is 10.8 Å². The van der Waals surface area contributed by atoms with Crippen molar-refractivity contribution in [2.75, 3.05) is 0 Å². The van der Waals surface area contributed by atoms with Crippen molar-refractivity contribution in [1.29, 1.82) is 0 Å². The molecule has 0 saturated heterocycles. The van der Waals surface area contributed by atoms with Crippen LogP contribution in [0.25, 0.3) is 0 Å². The third-order valence-electron chi connectivity index (χ3n) is 3.23. The fraction of sp³-hybridized carbons (Fsp3) is 0.529. The first-order valence-corrected chi connectivity index (χ1v) is 6.71. The third-order valence-corrected chi connectivity index (χ3v) is 3.23. The van der Waals surface area contributed by atoms with Gasteiger partial charge in [0.15, 0.2) is 0 Å². The fourth-order valence-corrected chi connectivity index (χ4v) is 2.18. The zero-order valence-corrected chi connectivity index (χ0v) is 13.3. The molecule has 1 aromatic rings. The van der Waals surface area contributed by atoms with E-state index >= 15 is 0 Å². The van der Waals surface area contributed by atoms with Crippen LogP contribution in [-0.4, -0.2) is 13.1 Å². The maximum atomic E-state index is 4.37. The number of rotatable bonds is 2. The molecule has 2 nitrogen and oxygen atoms in total. The lowest BCUT2D eigenvalue weighted by Crippen LogP contribution is -2.22. The summed E-state index contributed by atoms with van der Waals surface area (Å²) in [7, 11) is 0. The SMILES string of the molecule is C=NC=Nc1cc(C(C)(C)C)c(C(C)(C)C)cc1C. The van der Waals surface area contributed by atoms with Crippen LogP contribution in [0.2, 0.25) is 0 Å². The topological polar surface area (TPSA) is 24.7 Å². The summed E-state index contributed by atoms with van der Waals surface area (Å²) in [4.78, 5) is 8.06. The van der Waals surface area contributed by atoms with Gasteiger partial charge in [0.05, 0.1) is 5.69 Å². The van der Waals surface area contributed by atoms with Crippen molar-refractivity contribution >= 4 is 18.7 Å². The Kier molecular flexibility index (Phi) is 4.34. The van der Waals surface area contributed by atoms with Gasteiger partial charge in [-0.05, 0) is 47.2 Å². The molecular formula is C17H26N2. The predicted octanol–water partition coefficient (Wildman–Crippen LogP) is 4.95. The number of hydrogen-bond acceptors (Lipinski definition) is 1. The van der Waals surface area contributed by atoms with Crippen molar-refractivity contribution in [2.45, 2.75) is 59.3 Å². The van der Waals surface area contributed by atoms with Gasteiger partial charge in [-0.2, -0.15) is 0 Å². The Morgan fingerprint density at radius 3 is 1.84 bits per heavy atom. The first-order valence-electron chi connectivity index (χ1n) is 6.71. The quantitative estimate of drug-likeness (QED) is 0.529. The van der Waals surface area contributed by atoms with Crippen molar-refractivity contribution in [3.63, 3.8) is 0 Å². The maximum Gasteiger partial charge on any atom is 0.115 e. The van der Waals surface area contributed by atoms with E-state index < -0.39 is 0 Å². The van der Waals surface area contributed by atoms with Gasteiger partial charge in [-0.25, -0.2) is 4.99 Å². The van der Waals surface area contributed by atoms with E-state index in [0.29, 0.717) is 0 Å². The molecule has 0 aliphatic rings. The molecule has 0 N–H and O–H groups in total. The first kappa shape index (κ1) is 15.6. The van der Waals surface area contributed by atoms with Gasteiger partial charge in [0.25, 0.3) is 0 Å². The molecular weight excluding hydrogens is 232 g/mol. The van der Waals surface area contributed by atoms with E-state index in [9.17, 15) is 0 Å². The van der Waals surface area contributed by atoms with Gasteiger partial charge in [-0.3, -0.25) is 4.99 Å². The van der Waals surface area contributed by atoms with Crippen molar-refractivity contribution in [3.8, 4) is 0 Å². The summed E-state index contributed by atoms with van der Waals surface area (Å²) in [6, 6.07) is 4.45. The summed E-state index contributed by atoms with van der Waals surface area (Å²) in [5.41, 5.74) is 5.13. The van der Waals surface area contributed by atoms with Gasteiger partial charge in [-0.1, -0.05) is 47.6 Å². The van der Waals surface area contributed by atoms with Crippen LogP contribution < -0.4 is 0 Å². The highest BCUT2D eigenvalue weighted by Gasteiger charge is 2.26. The second-order valence-electron chi connectivity index (χ2n) is 7.11. The second kappa shape index (κ2) is 5.28. The van der Waals surface area contributed by atoms with Gasteiger partial charge in [0.1, 0.15) is 6.34 Å². The van der Waals surface area contributed by atoms with Gasteiger partial charge in [-0.15, -0.1) is 0 Å². The smallest absolute Gasteiger partial charge is 0.115 e. The highest BCUT2D eigenvalue weighted by atomic mass is 14.8. The monoisotopic (exact) mass is 258 g/mol. The van der Waals surface area contributed by atoms with Gasteiger partial charge < -0.3 is 0 Å². The van der Waals surface area contributed by atoms with Crippen LogP contribution in [0.15, 0.2) is 22.1 Å². The summed E-state index contributed by atoms with van der Waals surface area (Å²) < 4.78 is 0. The molecule has 0 bridgehead atoms. The van der Waals surface area contributed by atoms with E-state index in [4.69, 9.17) is 0 Å². The molecule has 0 heterocycles. The standard InChI is InChI=1S/C17H26N2/c1-12-9-13(16(2,3)4)14(17(5,6)7)10-15(12)19-11-18-8/h9-11H,8H2,1-7H3. The minimum Gasteiger partial charge on any atom is -0.253 e. The Labute approximate surface area is 117 Å². The Morgan fingerprint density at radius 2 is 1.42 bits per heavy atom. The molecule has 0 unspecified atom stereocenters. The first-order chi connectivity index (χ1) is 8.57. The maximum absolute atomic E-state index is 4.37. The predicted molar refractivity (Wildman–Crippen MR) is 86.3 cm³/mol. The normalized spacial score (nSPS) is 13.0. The Morgan fingerprint density at radius 1 is 0.947 bits per heavy atom. The van der Waals surface area contributed by atoms with Crippen molar-refractivity contribution < 1.29 is 0 Å². The molecule has 0 aliphatic carbocycles. The number of aliphatic imine (C=N–C) groups is 2. The summed E-state index contributed by atoms with van der Waals surface area (Å²) >= 11 is 0. The summed E-state index contributed by atoms with van der Waals surface area (Å²) in [6.07, 6.45) is 1.51. The van der Waals surface area contributed by atoms with E-state index in [1.54, 1.807) is 0 Å².